The van der Waals surface area contributed by atoms with E-state index >= 15 is 0 Å². The molecule has 11 aromatic carbocycles. The van der Waals surface area contributed by atoms with Crippen molar-refractivity contribution in [3.05, 3.63) is 237 Å². The fourth-order valence-electron chi connectivity index (χ4n) is 10.9. The second-order valence-corrected chi connectivity index (χ2v) is 17.7. The maximum Gasteiger partial charge on any atom is 0.252 e. The van der Waals surface area contributed by atoms with Crippen LogP contribution >= 0.6 is 0 Å². The molecule has 3 heterocycles. The van der Waals surface area contributed by atoms with E-state index in [1.165, 1.54) is 82.9 Å². The molecule has 1 aromatic heterocycles. The zero-order chi connectivity index (χ0) is 43.3. The van der Waals surface area contributed by atoms with Crippen LogP contribution in [-0.2, 0) is 0 Å². The van der Waals surface area contributed by atoms with Crippen LogP contribution in [0.2, 0.25) is 0 Å². The molecule has 0 amide bonds. The second kappa shape index (κ2) is 14.5. The van der Waals surface area contributed by atoms with Crippen LogP contribution in [0, 0.1) is 0 Å². The van der Waals surface area contributed by atoms with Gasteiger partial charge in [0.25, 0.3) is 6.71 Å². The van der Waals surface area contributed by atoms with Crippen LogP contribution < -0.4 is 26.2 Å². The van der Waals surface area contributed by atoms with Crippen molar-refractivity contribution < 1.29 is 4.42 Å². The van der Waals surface area contributed by atoms with E-state index in [4.69, 9.17) is 4.42 Å². The summed E-state index contributed by atoms with van der Waals surface area (Å²) in [6, 6.07) is 87.0. The lowest BCUT2D eigenvalue weighted by molar-refractivity contribution is 0.669. The van der Waals surface area contributed by atoms with Crippen molar-refractivity contribution in [2.24, 2.45) is 0 Å². The van der Waals surface area contributed by atoms with Crippen molar-refractivity contribution in [2.45, 2.75) is 0 Å². The van der Waals surface area contributed by atoms with Crippen LogP contribution in [0.4, 0.5) is 34.1 Å². The monoisotopic (exact) mass is 838 g/mol. The Balaban J connectivity index is 1.08. The first kappa shape index (κ1) is 36.8. The summed E-state index contributed by atoms with van der Waals surface area (Å²) in [5, 5.41) is 7.14. The Hall–Kier alpha value is -8.60. The highest BCUT2D eigenvalue weighted by Crippen LogP contribution is 2.48. The molecule has 0 spiro atoms. The molecule has 2 aliphatic heterocycles. The van der Waals surface area contributed by atoms with Gasteiger partial charge < -0.3 is 14.2 Å². The molecule has 0 unspecified atom stereocenters. The SMILES string of the molecule is c1ccc(-c2ccc(N3c4cc5ccccc5cc4B4c5cc6ccccc6cc5N(c5ccc(-c6ccccc6)cc5)c5cc(-c6ccc7oc8ccccc8c7c6)cc3c54)cc2)cc1. The van der Waals surface area contributed by atoms with Crippen LogP contribution in [-0.4, -0.2) is 6.71 Å². The molecule has 3 nitrogen and oxygen atoms in total. The molecule has 0 radical (unpaired) electrons. The fourth-order valence-corrected chi connectivity index (χ4v) is 10.9. The van der Waals surface area contributed by atoms with Gasteiger partial charge in [0.2, 0.25) is 0 Å². The Morgan fingerprint density at radius 1 is 0.288 bits per heavy atom. The van der Waals surface area contributed by atoms with Crippen molar-refractivity contribution in [3.63, 3.8) is 0 Å². The normalized spacial score (nSPS) is 12.8. The van der Waals surface area contributed by atoms with E-state index in [9.17, 15) is 0 Å². The number of fused-ring (bicyclic) bond motifs is 9. The summed E-state index contributed by atoms with van der Waals surface area (Å²) in [6.07, 6.45) is 0. The lowest BCUT2D eigenvalue weighted by Gasteiger charge is -2.44. The van der Waals surface area contributed by atoms with E-state index in [-0.39, 0.29) is 6.71 Å². The molecule has 4 heteroatoms. The van der Waals surface area contributed by atoms with Crippen LogP contribution in [0.5, 0.6) is 0 Å². The first-order chi connectivity index (χ1) is 32.7. The fraction of sp³-hybridized carbons (Fsp3) is 0. The minimum absolute atomic E-state index is 0.0387. The molecule has 0 fully saturated rings. The molecule has 0 N–H and O–H groups in total. The number of furan rings is 1. The van der Waals surface area contributed by atoms with Gasteiger partial charge in [-0.2, -0.15) is 0 Å². The lowest BCUT2D eigenvalue weighted by Crippen LogP contribution is -2.61. The maximum absolute atomic E-state index is 6.37. The van der Waals surface area contributed by atoms with Gasteiger partial charge in [0.1, 0.15) is 11.2 Å². The molecule has 0 bridgehead atoms. The number of rotatable bonds is 5. The van der Waals surface area contributed by atoms with E-state index in [0.717, 1.165) is 44.4 Å². The summed E-state index contributed by atoms with van der Waals surface area (Å²) in [6.45, 7) is -0.0387. The molecule has 0 aliphatic carbocycles. The third-order valence-corrected chi connectivity index (χ3v) is 14.0. The van der Waals surface area contributed by atoms with Crippen LogP contribution in [0.3, 0.4) is 0 Å². The average molecular weight is 839 g/mol. The average Bonchev–Trinajstić information content (AvgIpc) is 3.76. The number of anilines is 6. The van der Waals surface area contributed by atoms with Crippen molar-refractivity contribution in [1.29, 1.82) is 0 Å². The minimum Gasteiger partial charge on any atom is -0.456 e. The summed E-state index contributed by atoms with van der Waals surface area (Å²) >= 11 is 0. The summed E-state index contributed by atoms with van der Waals surface area (Å²) < 4.78 is 6.37. The Kier molecular flexibility index (Phi) is 8.08. The van der Waals surface area contributed by atoms with Gasteiger partial charge in [-0.25, -0.2) is 0 Å². The van der Waals surface area contributed by atoms with E-state index in [1.54, 1.807) is 0 Å². The summed E-state index contributed by atoms with van der Waals surface area (Å²) in [7, 11) is 0. The zero-order valence-electron chi connectivity index (χ0n) is 35.9. The van der Waals surface area contributed by atoms with Crippen molar-refractivity contribution >= 4 is 101 Å². The topological polar surface area (TPSA) is 19.6 Å². The van der Waals surface area contributed by atoms with Gasteiger partial charge in [0.05, 0.1) is 0 Å². The molecular formula is C62H39BN2O. The number of hydrogen-bond acceptors (Lipinski definition) is 3. The maximum atomic E-state index is 6.37. The van der Waals surface area contributed by atoms with Crippen LogP contribution in [0.25, 0.3) is 76.9 Å². The van der Waals surface area contributed by atoms with Crippen molar-refractivity contribution in [1.82, 2.24) is 0 Å². The van der Waals surface area contributed by atoms with Gasteiger partial charge in [0, 0.05) is 44.9 Å². The van der Waals surface area contributed by atoms with E-state index in [2.05, 4.69) is 240 Å². The summed E-state index contributed by atoms with van der Waals surface area (Å²) in [5.41, 5.74) is 19.7. The minimum atomic E-state index is -0.0387. The molecule has 12 aromatic rings. The number of nitrogens with zero attached hydrogens (tertiary/aromatic N) is 2. The van der Waals surface area contributed by atoms with E-state index in [1.807, 2.05) is 6.07 Å². The van der Waals surface area contributed by atoms with Gasteiger partial charge in [-0.05, 0) is 138 Å². The van der Waals surface area contributed by atoms with E-state index < -0.39 is 0 Å². The number of benzene rings is 11. The Morgan fingerprint density at radius 2 is 0.712 bits per heavy atom. The molecule has 2 aliphatic rings. The van der Waals surface area contributed by atoms with Gasteiger partial charge in [0.15, 0.2) is 0 Å². The largest absolute Gasteiger partial charge is 0.456 e. The Labute approximate surface area is 383 Å². The molecule has 0 saturated heterocycles. The molecule has 306 valence electrons. The standard InChI is InChI=1S/C62H39BN2O/c1-3-13-40(14-4-1)42-23-28-50(29-24-42)64-56-36-46-19-9-7-17-44(46)34-54(56)63-55-35-45-18-8-10-20-47(45)37-57(55)65(51-30-25-43(26-31-51)41-15-5-2-6-16-41)59-39-49(38-58(64)62(59)63)48-27-32-61-53(33-48)52-21-11-12-22-60(52)66-61/h1-39H. The smallest absolute Gasteiger partial charge is 0.252 e. The first-order valence-electron chi connectivity index (χ1n) is 22.8. The highest BCUT2D eigenvalue weighted by molar-refractivity contribution is 7.00. The zero-order valence-corrected chi connectivity index (χ0v) is 35.9. The molecule has 0 saturated carbocycles. The molecule has 14 rings (SSSR count). The van der Waals surface area contributed by atoms with Gasteiger partial charge in [-0.3, -0.25) is 0 Å². The summed E-state index contributed by atoms with van der Waals surface area (Å²) in [4.78, 5) is 5.06. The van der Waals surface area contributed by atoms with Crippen LogP contribution in [0.1, 0.15) is 0 Å². The highest BCUT2D eigenvalue weighted by atomic mass is 16.3. The predicted molar refractivity (Wildman–Crippen MR) is 279 cm³/mol. The third kappa shape index (κ3) is 5.71. The van der Waals surface area contributed by atoms with Crippen molar-refractivity contribution in [2.75, 3.05) is 9.80 Å². The third-order valence-electron chi connectivity index (χ3n) is 14.0. The van der Waals surface area contributed by atoms with Gasteiger partial charge in [-0.15, -0.1) is 0 Å². The molecular weight excluding hydrogens is 800 g/mol. The first-order valence-corrected chi connectivity index (χ1v) is 22.8. The number of hydrogen-bond donors (Lipinski definition) is 0. The number of para-hydroxylation sites is 1. The predicted octanol–water partition coefficient (Wildman–Crippen LogP) is 15.0. The lowest BCUT2D eigenvalue weighted by atomic mass is 9.33. The highest BCUT2D eigenvalue weighted by Gasteiger charge is 2.44. The Morgan fingerprint density at radius 3 is 1.24 bits per heavy atom. The van der Waals surface area contributed by atoms with Crippen LogP contribution in [0.15, 0.2) is 241 Å². The second-order valence-electron chi connectivity index (χ2n) is 17.7. The molecule has 66 heavy (non-hydrogen) atoms. The quantitative estimate of drug-likeness (QED) is 0.161. The molecule has 0 atom stereocenters. The summed E-state index contributed by atoms with van der Waals surface area (Å²) in [5.74, 6) is 0. The van der Waals surface area contributed by atoms with Gasteiger partial charge >= 0.3 is 0 Å². The Bertz CT molecular complexity index is 3680. The van der Waals surface area contributed by atoms with Crippen molar-refractivity contribution in [3.8, 4) is 33.4 Å². The van der Waals surface area contributed by atoms with E-state index in [0.29, 0.717) is 0 Å². The van der Waals surface area contributed by atoms with Gasteiger partial charge in [-0.1, -0.05) is 170 Å².